The second-order valence-corrected chi connectivity index (χ2v) is 10.3. The van der Waals surface area contributed by atoms with Gasteiger partial charge in [-0.2, -0.15) is 0 Å². The number of nitrogens with zero attached hydrogens (tertiary/aromatic N) is 1. The highest BCUT2D eigenvalue weighted by molar-refractivity contribution is 7.80. The van der Waals surface area contributed by atoms with Crippen molar-refractivity contribution < 1.29 is 19.1 Å². The molecule has 1 unspecified atom stereocenters. The summed E-state index contributed by atoms with van der Waals surface area (Å²) in [6, 6.07) is 12.7. The number of carbonyl (C=O) groups excluding carboxylic acids is 2. The van der Waals surface area contributed by atoms with Crippen LogP contribution in [0.2, 0.25) is 0 Å². The maximum Gasteiger partial charge on any atom is 0.338 e. The van der Waals surface area contributed by atoms with Crippen molar-refractivity contribution in [2.24, 2.45) is 0 Å². The molecule has 0 saturated heterocycles. The lowest BCUT2D eigenvalue weighted by Gasteiger charge is -2.35. The molecule has 1 atom stereocenters. The maximum atomic E-state index is 13.0. The van der Waals surface area contributed by atoms with Crippen molar-refractivity contribution in [1.82, 2.24) is 10.2 Å². The number of ether oxygens (including phenoxy) is 2. The number of rotatable bonds is 9. The highest BCUT2D eigenvalue weighted by atomic mass is 32.1. The first-order valence-corrected chi connectivity index (χ1v) is 13.2. The fourth-order valence-corrected chi connectivity index (χ4v) is 4.63. The molecule has 1 heterocycles. The van der Waals surface area contributed by atoms with E-state index in [1.807, 2.05) is 37.3 Å². The van der Waals surface area contributed by atoms with Crippen LogP contribution >= 0.6 is 12.2 Å². The summed E-state index contributed by atoms with van der Waals surface area (Å²) >= 11 is 5.47. The van der Waals surface area contributed by atoms with Gasteiger partial charge in [-0.05, 0) is 59.8 Å². The van der Waals surface area contributed by atoms with Gasteiger partial charge < -0.3 is 30.3 Å². The third-order valence-corrected chi connectivity index (χ3v) is 7.00. The van der Waals surface area contributed by atoms with E-state index in [4.69, 9.17) is 21.7 Å². The van der Waals surface area contributed by atoms with Gasteiger partial charge in [-0.15, -0.1) is 0 Å². The fraction of sp³-hybridized carbons (Fsp3) is 0.414. The molecular formula is C29H38N4O4S. The summed E-state index contributed by atoms with van der Waals surface area (Å²) < 4.78 is 10.4. The van der Waals surface area contributed by atoms with E-state index in [0.717, 1.165) is 22.4 Å². The summed E-state index contributed by atoms with van der Waals surface area (Å²) in [5.41, 5.74) is 5.68. The molecule has 3 rings (SSSR count). The van der Waals surface area contributed by atoms with Crippen LogP contribution in [-0.2, 0) is 14.3 Å². The molecule has 0 aromatic heterocycles. The van der Waals surface area contributed by atoms with E-state index in [2.05, 4.69) is 43.6 Å². The molecule has 1 aliphatic heterocycles. The number of amides is 2. The van der Waals surface area contributed by atoms with Crippen molar-refractivity contribution in [2.45, 2.75) is 52.5 Å². The highest BCUT2D eigenvalue weighted by Crippen LogP contribution is 2.33. The zero-order valence-corrected chi connectivity index (χ0v) is 24.0. The van der Waals surface area contributed by atoms with Gasteiger partial charge in [0.2, 0.25) is 0 Å². The van der Waals surface area contributed by atoms with Crippen molar-refractivity contribution in [1.29, 1.82) is 0 Å². The number of anilines is 2. The first-order valence-electron chi connectivity index (χ1n) is 12.8. The number of hydrogen-bond donors (Lipinski definition) is 3. The minimum atomic E-state index is -0.483. The van der Waals surface area contributed by atoms with Gasteiger partial charge in [0.05, 0.1) is 18.2 Å². The summed E-state index contributed by atoms with van der Waals surface area (Å²) in [4.78, 5) is 27.7. The number of hydrogen-bond acceptors (Lipinski definition) is 5. The molecule has 2 amide bonds. The highest BCUT2D eigenvalue weighted by Gasteiger charge is 2.33. The molecule has 204 valence electrons. The van der Waals surface area contributed by atoms with Crippen LogP contribution < -0.4 is 16.0 Å². The summed E-state index contributed by atoms with van der Waals surface area (Å²) in [6.07, 6.45) is 0. The quantitative estimate of drug-likeness (QED) is 0.208. The van der Waals surface area contributed by atoms with Gasteiger partial charge >= 0.3 is 12.0 Å². The largest absolute Gasteiger partial charge is 0.460 e. The molecular weight excluding hydrogens is 500 g/mol. The van der Waals surface area contributed by atoms with Crippen molar-refractivity contribution in [3.05, 3.63) is 70.4 Å². The van der Waals surface area contributed by atoms with E-state index in [0.29, 0.717) is 28.7 Å². The Labute approximate surface area is 230 Å². The summed E-state index contributed by atoms with van der Waals surface area (Å²) in [7, 11) is 3.36. The van der Waals surface area contributed by atoms with Gasteiger partial charge in [-0.3, -0.25) is 0 Å². The number of urea groups is 1. The number of carbonyl (C=O) groups is 2. The van der Waals surface area contributed by atoms with Crippen LogP contribution in [0.3, 0.4) is 0 Å². The molecule has 0 saturated carbocycles. The average Bonchev–Trinajstić information content (AvgIpc) is 2.87. The van der Waals surface area contributed by atoms with Crippen molar-refractivity contribution >= 4 is 40.7 Å². The zero-order chi connectivity index (χ0) is 28.0. The second-order valence-electron chi connectivity index (χ2n) is 9.89. The Morgan fingerprint density at radius 1 is 1.00 bits per heavy atom. The molecule has 9 heteroatoms. The first-order chi connectivity index (χ1) is 18.0. The van der Waals surface area contributed by atoms with Crippen LogP contribution in [0.1, 0.15) is 69.2 Å². The lowest BCUT2D eigenvalue weighted by Crippen LogP contribution is -2.46. The molecule has 0 radical (unpaired) electrons. The van der Waals surface area contributed by atoms with Crippen LogP contribution in [0.4, 0.5) is 16.2 Å². The third-order valence-electron chi connectivity index (χ3n) is 6.61. The first kappa shape index (κ1) is 29.1. The van der Waals surface area contributed by atoms with Crippen LogP contribution in [0.5, 0.6) is 0 Å². The Morgan fingerprint density at radius 3 is 2.16 bits per heavy atom. The van der Waals surface area contributed by atoms with E-state index in [-0.39, 0.29) is 24.5 Å². The lowest BCUT2D eigenvalue weighted by molar-refractivity contribution is -0.140. The van der Waals surface area contributed by atoms with Crippen LogP contribution in [0, 0.1) is 0 Å². The van der Waals surface area contributed by atoms with Gasteiger partial charge in [0.1, 0.15) is 6.61 Å². The van der Waals surface area contributed by atoms with E-state index < -0.39 is 12.0 Å². The number of esters is 1. The summed E-state index contributed by atoms with van der Waals surface area (Å²) in [6.45, 7) is 10.8. The normalized spacial score (nSPS) is 15.6. The van der Waals surface area contributed by atoms with E-state index in [1.54, 1.807) is 31.2 Å². The SMILES string of the molecule is COCCOC(=O)C1=C(C)N(C)C(=S)NC1c1ccc(NC(=O)Nc2c(C(C)C)cccc2C(C)C)cc1. The number of benzene rings is 2. The number of methoxy groups -OCH3 is 1. The number of allylic oxidation sites excluding steroid dienone is 1. The molecule has 0 fully saturated rings. The van der Waals surface area contributed by atoms with Gasteiger partial charge in [0, 0.05) is 31.2 Å². The minimum absolute atomic E-state index is 0.156. The van der Waals surface area contributed by atoms with Crippen molar-refractivity contribution in [3.8, 4) is 0 Å². The fourth-order valence-electron chi connectivity index (χ4n) is 4.38. The Bertz CT molecular complexity index is 1180. The van der Waals surface area contributed by atoms with Crippen LogP contribution in [0.25, 0.3) is 0 Å². The van der Waals surface area contributed by atoms with Crippen molar-refractivity contribution in [2.75, 3.05) is 38.0 Å². The molecule has 0 spiro atoms. The Balaban J connectivity index is 1.80. The second kappa shape index (κ2) is 12.9. The van der Waals surface area contributed by atoms with Crippen LogP contribution in [0.15, 0.2) is 53.7 Å². The molecule has 0 bridgehead atoms. The summed E-state index contributed by atoms with van der Waals surface area (Å²) in [5, 5.41) is 9.73. The van der Waals surface area contributed by atoms with E-state index in [9.17, 15) is 9.59 Å². The monoisotopic (exact) mass is 538 g/mol. The van der Waals surface area contributed by atoms with Gasteiger partial charge in [0.25, 0.3) is 0 Å². The topological polar surface area (TPSA) is 91.9 Å². The smallest absolute Gasteiger partial charge is 0.338 e. The Morgan fingerprint density at radius 2 is 1.61 bits per heavy atom. The molecule has 1 aliphatic rings. The van der Waals surface area contributed by atoms with Crippen LogP contribution in [-0.4, -0.2) is 49.4 Å². The Hall–Kier alpha value is -3.43. The number of nitrogens with one attached hydrogen (secondary N) is 3. The van der Waals surface area contributed by atoms with Gasteiger partial charge in [-0.1, -0.05) is 58.0 Å². The zero-order valence-electron chi connectivity index (χ0n) is 23.2. The lowest BCUT2D eigenvalue weighted by atomic mass is 9.93. The standard InChI is InChI=1S/C29H38N4O4S/c1-17(2)22-9-8-10-23(18(3)4)26(22)31-28(35)30-21-13-11-20(12-14-21)25-24(27(34)37-16-15-36-7)19(5)33(6)29(38)32-25/h8-14,17-18,25H,15-16H2,1-7H3,(H,32,38)(H2,30,31,35). The predicted molar refractivity (Wildman–Crippen MR) is 155 cm³/mol. The van der Waals surface area contributed by atoms with Gasteiger partial charge in [0.15, 0.2) is 5.11 Å². The van der Waals surface area contributed by atoms with E-state index in [1.165, 1.54) is 0 Å². The Kier molecular flexibility index (Phi) is 9.88. The molecule has 38 heavy (non-hydrogen) atoms. The number of thiocarbonyl (C=S) groups is 1. The molecule has 2 aromatic rings. The molecule has 2 aromatic carbocycles. The summed E-state index contributed by atoms with van der Waals surface area (Å²) in [5.74, 6) is 0.101. The molecule has 3 N–H and O–H groups in total. The van der Waals surface area contributed by atoms with E-state index >= 15 is 0 Å². The minimum Gasteiger partial charge on any atom is -0.460 e. The average molecular weight is 539 g/mol. The third kappa shape index (κ3) is 6.71. The number of para-hydroxylation sites is 1. The molecule has 8 nitrogen and oxygen atoms in total. The predicted octanol–water partition coefficient (Wildman–Crippen LogP) is 5.90. The molecule has 0 aliphatic carbocycles. The van der Waals surface area contributed by atoms with Gasteiger partial charge in [-0.25, -0.2) is 9.59 Å². The maximum absolute atomic E-state index is 13.0. The van der Waals surface area contributed by atoms with Crippen molar-refractivity contribution in [3.63, 3.8) is 0 Å².